The number of likely N-dealkylation sites (tertiary alicyclic amines) is 1. The third-order valence-corrected chi connectivity index (χ3v) is 3.35. The van der Waals surface area contributed by atoms with E-state index < -0.39 is 0 Å². The smallest absolute Gasteiger partial charge is 0.233 e. The molecule has 3 rings (SSSR count). The maximum Gasteiger partial charge on any atom is 0.233 e. The molecule has 0 spiro atoms. The van der Waals surface area contributed by atoms with E-state index in [-0.39, 0.29) is 29.8 Å². The third-order valence-electron chi connectivity index (χ3n) is 3.35. The predicted molar refractivity (Wildman–Crippen MR) is 50.9 cm³/mol. The van der Waals surface area contributed by atoms with Crippen LogP contribution < -0.4 is 5.32 Å². The van der Waals surface area contributed by atoms with Crippen LogP contribution in [-0.2, 0) is 14.3 Å². The summed E-state index contributed by atoms with van der Waals surface area (Å²) in [5, 5.41) is 3.19. The van der Waals surface area contributed by atoms with Crippen molar-refractivity contribution in [2.45, 2.75) is 12.5 Å². The van der Waals surface area contributed by atoms with Crippen LogP contribution in [0.15, 0.2) is 0 Å². The average Bonchev–Trinajstić information content (AvgIpc) is 3.01. The van der Waals surface area contributed by atoms with Gasteiger partial charge in [-0.1, -0.05) is 0 Å². The number of hydrogen-bond acceptors (Lipinski definition) is 4. The molecule has 2 heterocycles. The molecular weight excluding hydrogens is 196 g/mol. The highest BCUT2D eigenvalue weighted by Gasteiger charge is 2.58. The molecule has 0 bridgehead atoms. The van der Waals surface area contributed by atoms with Crippen molar-refractivity contribution in [3.05, 3.63) is 0 Å². The summed E-state index contributed by atoms with van der Waals surface area (Å²) >= 11 is 0. The number of rotatable bonds is 2. The van der Waals surface area contributed by atoms with Crippen LogP contribution in [-0.4, -0.2) is 49.1 Å². The maximum absolute atomic E-state index is 11.7. The lowest BCUT2D eigenvalue weighted by atomic mass is 10.2. The Balaban J connectivity index is 1.63. The monoisotopic (exact) mass is 210 g/mol. The number of carbonyl (C=O) groups is 2. The van der Waals surface area contributed by atoms with Gasteiger partial charge in [0.2, 0.25) is 11.8 Å². The highest BCUT2D eigenvalue weighted by molar-refractivity contribution is 6.08. The molecular formula is C10H14N2O3. The van der Waals surface area contributed by atoms with Gasteiger partial charge in [-0.05, 0) is 6.42 Å². The Bertz CT molecular complexity index is 292. The number of nitrogens with one attached hydrogen (secondary N) is 1. The van der Waals surface area contributed by atoms with Crippen molar-refractivity contribution in [2.24, 2.45) is 11.8 Å². The van der Waals surface area contributed by atoms with Crippen LogP contribution in [0.1, 0.15) is 6.42 Å². The van der Waals surface area contributed by atoms with E-state index in [1.54, 1.807) is 0 Å². The normalized spacial score (nSPS) is 39.5. The summed E-state index contributed by atoms with van der Waals surface area (Å²) in [7, 11) is 0. The average molecular weight is 210 g/mol. The van der Waals surface area contributed by atoms with E-state index in [4.69, 9.17) is 4.74 Å². The van der Waals surface area contributed by atoms with Gasteiger partial charge < -0.3 is 10.1 Å². The first-order valence-electron chi connectivity index (χ1n) is 5.45. The number of nitrogens with zero attached hydrogens (tertiary/aromatic N) is 1. The zero-order chi connectivity index (χ0) is 10.4. The first kappa shape index (κ1) is 9.30. The molecule has 5 heteroatoms. The van der Waals surface area contributed by atoms with E-state index in [1.165, 1.54) is 4.90 Å². The first-order chi connectivity index (χ1) is 7.27. The Morgan fingerprint density at radius 3 is 2.67 bits per heavy atom. The second kappa shape index (κ2) is 3.28. The van der Waals surface area contributed by atoms with Gasteiger partial charge in [-0.15, -0.1) is 0 Å². The minimum Gasteiger partial charge on any atom is -0.374 e. The number of imide groups is 1. The van der Waals surface area contributed by atoms with Gasteiger partial charge in [-0.25, -0.2) is 0 Å². The summed E-state index contributed by atoms with van der Waals surface area (Å²) in [6.07, 6.45) is 0.752. The Morgan fingerprint density at radius 2 is 2.07 bits per heavy atom. The Morgan fingerprint density at radius 1 is 1.33 bits per heavy atom. The summed E-state index contributed by atoms with van der Waals surface area (Å²) in [6, 6.07) is 0. The van der Waals surface area contributed by atoms with Crippen LogP contribution in [0.4, 0.5) is 0 Å². The number of amides is 2. The van der Waals surface area contributed by atoms with E-state index in [1.807, 2.05) is 0 Å². The van der Waals surface area contributed by atoms with Crippen LogP contribution >= 0.6 is 0 Å². The molecule has 3 fully saturated rings. The van der Waals surface area contributed by atoms with Crippen LogP contribution in [0.5, 0.6) is 0 Å². The summed E-state index contributed by atoms with van der Waals surface area (Å²) in [5.74, 6) is 0.0430. The van der Waals surface area contributed by atoms with Crippen molar-refractivity contribution in [2.75, 3.05) is 26.2 Å². The molecule has 1 saturated carbocycles. The lowest BCUT2D eigenvalue weighted by molar-refractivity contribution is -0.144. The fourth-order valence-electron chi connectivity index (χ4n) is 2.37. The summed E-state index contributed by atoms with van der Waals surface area (Å²) in [5.41, 5.74) is 0. The third kappa shape index (κ3) is 1.46. The number of fused-ring (bicyclic) bond motifs is 1. The minimum absolute atomic E-state index is 0.00838. The molecule has 1 N–H and O–H groups in total. The van der Waals surface area contributed by atoms with Crippen LogP contribution in [0.3, 0.4) is 0 Å². The van der Waals surface area contributed by atoms with E-state index in [9.17, 15) is 9.59 Å². The highest BCUT2D eigenvalue weighted by atomic mass is 16.5. The van der Waals surface area contributed by atoms with Crippen molar-refractivity contribution in [1.29, 1.82) is 0 Å². The number of piperidine rings is 1. The number of hydrogen-bond donors (Lipinski definition) is 1. The molecule has 0 aromatic heterocycles. The van der Waals surface area contributed by atoms with Crippen molar-refractivity contribution in [3.8, 4) is 0 Å². The second-order valence-electron chi connectivity index (χ2n) is 4.43. The Hall–Kier alpha value is -0.940. The molecule has 2 aliphatic heterocycles. The molecule has 82 valence electrons. The van der Waals surface area contributed by atoms with Gasteiger partial charge in [0, 0.05) is 13.1 Å². The predicted octanol–water partition coefficient (Wildman–Crippen LogP) is -1.02. The van der Waals surface area contributed by atoms with Gasteiger partial charge >= 0.3 is 0 Å². The number of ether oxygens (including phenoxy) is 1. The van der Waals surface area contributed by atoms with Gasteiger partial charge in [0.25, 0.3) is 0 Å². The Labute approximate surface area is 87.8 Å². The van der Waals surface area contributed by atoms with E-state index in [2.05, 4.69) is 5.32 Å². The van der Waals surface area contributed by atoms with Crippen LogP contribution in [0.25, 0.3) is 0 Å². The van der Waals surface area contributed by atoms with Gasteiger partial charge in [-0.3, -0.25) is 14.5 Å². The molecule has 0 aromatic rings. The fourth-order valence-corrected chi connectivity index (χ4v) is 2.37. The lowest BCUT2D eigenvalue weighted by Crippen LogP contribution is -2.47. The summed E-state index contributed by atoms with van der Waals surface area (Å²) in [6.45, 7) is 2.67. The number of morpholine rings is 1. The first-order valence-corrected chi connectivity index (χ1v) is 5.45. The molecule has 3 atom stereocenters. The van der Waals surface area contributed by atoms with Crippen molar-refractivity contribution >= 4 is 11.8 Å². The zero-order valence-corrected chi connectivity index (χ0v) is 8.44. The molecule has 3 unspecified atom stereocenters. The standard InChI is InChI=1S/C10H14N2O3/c13-9-7-3-8(7)10(14)12(9)5-6-4-11-1-2-15-6/h6-8,11H,1-5H2. The van der Waals surface area contributed by atoms with Gasteiger partial charge in [0.15, 0.2) is 0 Å². The zero-order valence-electron chi connectivity index (χ0n) is 8.44. The van der Waals surface area contributed by atoms with E-state index in [0.717, 1.165) is 19.5 Å². The molecule has 0 radical (unpaired) electrons. The SMILES string of the molecule is O=C1C2CC2C(=O)N1CC1CNCCO1. The molecule has 0 aromatic carbocycles. The topological polar surface area (TPSA) is 58.6 Å². The van der Waals surface area contributed by atoms with E-state index in [0.29, 0.717) is 13.2 Å². The highest BCUT2D eigenvalue weighted by Crippen LogP contribution is 2.46. The minimum atomic E-state index is -0.0239. The van der Waals surface area contributed by atoms with Crippen molar-refractivity contribution < 1.29 is 14.3 Å². The van der Waals surface area contributed by atoms with Gasteiger partial charge in [-0.2, -0.15) is 0 Å². The molecule has 15 heavy (non-hydrogen) atoms. The molecule has 3 aliphatic rings. The van der Waals surface area contributed by atoms with Gasteiger partial charge in [0.1, 0.15) is 0 Å². The Kier molecular flexibility index (Phi) is 2.03. The maximum atomic E-state index is 11.7. The van der Waals surface area contributed by atoms with E-state index >= 15 is 0 Å². The summed E-state index contributed by atoms with van der Waals surface area (Å²) in [4.78, 5) is 24.7. The fraction of sp³-hybridized carbons (Fsp3) is 0.800. The van der Waals surface area contributed by atoms with Crippen molar-refractivity contribution in [3.63, 3.8) is 0 Å². The quantitative estimate of drug-likeness (QED) is 0.593. The number of carbonyl (C=O) groups excluding carboxylic acids is 2. The molecule has 5 nitrogen and oxygen atoms in total. The van der Waals surface area contributed by atoms with Crippen LogP contribution in [0.2, 0.25) is 0 Å². The lowest BCUT2D eigenvalue weighted by Gasteiger charge is -2.27. The van der Waals surface area contributed by atoms with Crippen LogP contribution in [0, 0.1) is 11.8 Å². The molecule has 1 aliphatic carbocycles. The molecule has 2 saturated heterocycles. The second-order valence-corrected chi connectivity index (χ2v) is 4.43. The van der Waals surface area contributed by atoms with Gasteiger partial charge in [0.05, 0.1) is 31.1 Å². The molecule has 2 amide bonds. The summed E-state index contributed by atoms with van der Waals surface area (Å²) < 4.78 is 5.48. The largest absolute Gasteiger partial charge is 0.374 e. The van der Waals surface area contributed by atoms with Crippen molar-refractivity contribution in [1.82, 2.24) is 10.2 Å².